The van der Waals surface area contributed by atoms with E-state index in [0.29, 0.717) is 18.0 Å². The van der Waals surface area contributed by atoms with E-state index in [9.17, 15) is 4.39 Å². The minimum absolute atomic E-state index is 0.117. The van der Waals surface area contributed by atoms with Crippen LogP contribution in [0.25, 0.3) is 28.2 Å². The second-order valence-corrected chi connectivity index (χ2v) is 8.78. The fraction of sp³-hybridized carbons (Fsp3) is 0.348. The normalized spacial score (nSPS) is 11.5. The molecule has 0 spiro atoms. The molecule has 0 aliphatic rings. The lowest BCUT2D eigenvalue weighted by atomic mass is 10.1. The molecule has 0 aliphatic heterocycles. The summed E-state index contributed by atoms with van der Waals surface area (Å²) in [5.74, 6) is -1.76. The van der Waals surface area contributed by atoms with Crippen molar-refractivity contribution in [1.82, 2.24) is 39.9 Å². The Morgan fingerprint density at radius 3 is 2.66 bits per heavy atom. The number of hydrogen-bond acceptors (Lipinski definition) is 8. The van der Waals surface area contributed by atoms with Crippen molar-refractivity contribution in [3.05, 3.63) is 48.4 Å². The van der Waals surface area contributed by atoms with E-state index in [0.717, 1.165) is 22.4 Å². The van der Waals surface area contributed by atoms with Gasteiger partial charge in [0.15, 0.2) is 17.4 Å². The number of nitrogens with zero attached hydrogens (tertiary/aromatic N) is 8. The average molecular weight is 484 g/mol. The number of aromatic nitrogens is 7. The van der Waals surface area contributed by atoms with Crippen LogP contribution in [0.1, 0.15) is 13.8 Å². The maximum absolute atomic E-state index is 15.0. The average Bonchev–Trinajstić information content (AvgIpc) is 3.46. The van der Waals surface area contributed by atoms with Gasteiger partial charge in [-0.25, -0.2) is 9.37 Å². The van der Waals surface area contributed by atoms with Gasteiger partial charge in [0.1, 0.15) is 18.1 Å². The molecule has 1 aromatic carbocycles. The third-order valence-electron chi connectivity index (χ3n) is 5.20. The molecular weight excluding hydrogens is 456 g/mol. The van der Waals surface area contributed by atoms with Gasteiger partial charge in [-0.1, -0.05) is 13.8 Å². The summed E-state index contributed by atoms with van der Waals surface area (Å²) in [6.07, 6.45) is 5.25. The molecule has 0 atom stereocenters. The summed E-state index contributed by atoms with van der Waals surface area (Å²) in [4.78, 5) is 6.13. The Labute approximate surface area is 201 Å². The fourth-order valence-electron chi connectivity index (χ4n) is 3.45. The number of ether oxygens (including phenoxy) is 1. The lowest BCUT2D eigenvalue weighted by Crippen LogP contribution is -2.20. The fourth-order valence-corrected chi connectivity index (χ4v) is 3.45. The highest BCUT2D eigenvalue weighted by Gasteiger charge is 2.22. The zero-order valence-corrected chi connectivity index (χ0v) is 20.0. The molecule has 0 radical (unpaired) electrons. The molecular formula is C23H27F2N9O. The van der Waals surface area contributed by atoms with Crippen LogP contribution in [-0.4, -0.2) is 67.1 Å². The first kappa shape index (κ1) is 24.2. The van der Waals surface area contributed by atoms with E-state index in [-0.39, 0.29) is 29.7 Å². The van der Waals surface area contributed by atoms with E-state index in [4.69, 9.17) is 10.5 Å². The van der Waals surface area contributed by atoms with Gasteiger partial charge in [0, 0.05) is 36.6 Å². The molecule has 10 nitrogen and oxygen atoms in total. The molecule has 3 aromatic heterocycles. The Bertz CT molecular complexity index is 1320. The highest BCUT2D eigenvalue weighted by Crippen LogP contribution is 2.31. The van der Waals surface area contributed by atoms with Gasteiger partial charge in [0.05, 0.1) is 11.8 Å². The molecule has 4 rings (SSSR count). The van der Waals surface area contributed by atoms with Crippen LogP contribution in [0, 0.1) is 17.6 Å². The van der Waals surface area contributed by atoms with Gasteiger partial charge >= 0.3 is 0 Å². The SMILES string of the molecule is CC(C)Cn1cc(-c2cnc(N)c(-c3nnnn3-c3ccc(OCCN(C)C)c(F)c3F)c2)cn1. The molecule has 3 heterocycles. The summed E-state index contributed by atoms with van der Waals surface area (Å²) in [6, 6.07) is 4.44. The lowest BCUT2D eigenvalue weighted by molar-refractivity contribution is 0.249. The van der Waals surface area contributed by atoms with Gasteiger partial charge in [0.25, 0.3) is 0 Å². The third-order valence-corrected chi connectivity index (χ3v) is 5.20. The summed E-state index contributed by atoms with van der Waals surface area (Å²) in [5.41, 5.74) is 7.86. The molecule has 12 heteroatoms. The molecule has 0 fully saturated rings. The number of likely N-dealkylation sites (N-methyl/N-ethyl adjacent to an activating group) is 1. The van der Waals surface area contributed by atoms with Crippen molar-refractivity contribution in [2.45, 2.75) is 20.4 Å². The van der Waals surface area contributed by atoms with Crippen molar-refractivity contribution >= 4 is 5.82 Å². The first-order valence-electron chi connectivity index (χ1n) is 11.1. The zero-order valence-electron chi connectivity index (χ0n) is 20.0. The second-order valence-electron chi connectivity index (χ2n) is 8.78. The molecule has 0 amide bonds. The van der Waals surface area contributed by atoms with E-state index < -0.39 is 11.6 Å². The largest absolute Gasteiger partial charge is 0.489 e. The van der Waals surface area contributed by atoms with Crippen molar-refractivity contribution in [1.29, 1.82) is 0 Å². The number of benzene rings is 1. The number of pyridine rings is 1. The van der Waals surface area contributed by atoms with Crippen molar-refractivity contribution in [3.63, 3.8) is 0 Å². The Morgan fingerprint density at radius 2 is 1.91 bits per heavy atom. The van der Waals surface area contributed by atoms with Crippen LogP contribution in [0.4, 0.5) is 14.6 Å². The number of hydrogen-bond donors (Lipinski definition) is 1. The lowest BCUT2D eigenvalue weighted by Gasteiger charge is -2.13. The summed E-state index contributed by atoms with van der Waals surface area (Å²) in [5, 5.41) is 15.9. The van der Waals surface area contributed by atoms with Gasteiger partial charge in [-0.3, -0.25) is 4.68 Å². The Kier molecular flexibility index (Phi) is 7.01. The number of tetrazole rings is 1. The van der Waals surface area contributed by atoms with Crippen LogP contribution >= 0.6 is 0 Å². The number of anilines is 1. The molecule has 0 saturated carbocycles. The molecule has 0 bridgehead atoms. The number of nitrogen functional groups attached to an aromatic ring is 1. The molecule has 4 aromatic rings. The van der Waals surface area contributed by atoms with E-state index in [1.807, 2.05) is 29.9 Å². The molecule has 35 heavy (non-hydrogen) atoms. The van der Waals surface area contributed by atoms with E-state index in [1.165, 1.54) is 12.1 Å². The molecule has 2 N–H and O–H groups in total. The van der Waals surface area contributed by atoms with Crippen LogP contribution in [0.15, 0.2) is 36.8 Å². The van der Waals surface area contributed by atoms with E-state index in [2.05, 4.69) is 39.5 Å². The van der Waals surface area contributed by atoms with Gasteiger partial charge in [-0.05, 0) is 48.6 Å². The summed E-state index contributed by atoms with van der Waals surface area (Å²) >= 11 is 0. The first-order chi connectivity index (χ1) is 16.7. The third kappa shape index (κ3) is 5.27. The molecule has 0 unspecified atom stereocenters. The van der Waals surface area contributed by atoms with E-state index >= 15 is 4.39 Å². The van der Waals surface area contributed by atoms with Crippen molar-refractivity contribution in [2.24, 2.45) is 5.92 Å². The minimum Gasteiger partial charge on any atom is -0.489 e. The number of halogens is 2. The van der Waals surface area contributed by atoms with Crippen LogP contribution in [0.5, 0.6) is 5.75 Å². The predicted octanol–water partition coefficient (Wildman–Crippen LogP) is 3.04. The zero-order chi connectivity index (χ0) is 25.1. The first-order valence-corrected chi connectivity index (χ1v) is 11.1. The Morgan fingerprint density at radius 1 is 1.11 bits per heavy atom. The molecule has 184 valence electrons. The van der Waals surface area contributed by atoms with Gasteiger partial charge < -0.3 is 15.4 Å². The maximum atomic E-state index is 15.0. The van der Waals surface area contributed by atoms with E-state index in [1.54, 1.807) is 18.5 Å². The number of rotatable bonds is 9. The monoisotopic (exact) mass is 483 g/mol. The quantitative estimate of drug-likeness (QED) is 0.387. The summed E-state index contributed by atoms with van der Waals surface area (Å²) in [6.45, 7) is 5.75. The van der Waals surface area contributed by atoms with Crippen molar-refractivity contribution < 1.29 is 13.5 Å². The van der Waals surface area contributed by atoms with Crippen LogP contribution in [0.3, 0.4) is 0 Å². The predicted molar refractivity (Wildman–Crippen MR) is 127 cm³/mol. The number of nitrogens with two attached hydrogens (primary N) is 1. The topological polar surface area (TPSA) is 113 Å². The standard InChI is InChI=1S/C23H27F2N9O/c1-14(2)12-33-13-16(11-28-33)15-9-17(22(26)27-10-15)23-29-30-31-34(23)18-5-6-19(21(25)20(18)24)35-8-7-32(3)4/h5-6,9-11,13-14H,7-8,12H2,1-4H3,(H2,26,27). The minimum atomic E-state index is -1.14. The Hall–Kier alpha value is -3.93. The highest BCUT2D eigenvalue weighted by atomic mass is 19.2. The van der Waals surface area contributed by atoms with Crippen LogP contribution in [-0.2, 0) is 6.54 Å². The van der Waals surface area contributed by atoms with Gasteiger partial charge in [0.2, 0.25) is 5.82 Å². The van der Waals surface area contributed by atoms with Gasteiger partial charge in [-0.2, -0.15) is 14.2 Å². The Balaban J connectivity index is 1.67. The summed E-state index contributed by atoms with van der Waals surface area (Å²) in [7, 11) is 3.71. The second kappa shape index (κ2) is 10.1. The molecule has 0 aliphatic carbocycles. The van der Waals surface area contributed by atoms with Crippen LogP contribution < -0.4 is 10.5 Å². The van der Waals surface area contributed by atoms with Gasteiger partial charge in [-0.15, -0.1) is 5.10 Å². The highest BCUT2D eigenvalue weighted by molar-refractivity contribution is 5.76. The summed E-state index contributed by atoms with van der Waals surface area (Å²) < 4.78 is 38.0. The smallest absolute Gasteiger partial charge is 0.202 e. The molecule has 0 saturated heterocycles. The van der Waals surface area contributed by atoms with Crippen molar-refractivity contribution in [3.8, 4) is 34.0 Å². The van der Waals surface area contributed by atoms with Crippen LogP contribution in [0.2, 0.25) is 0 Å². The maximum Gasteiger partial charge on any atom is 0.202 e. The van der Waals surface area contributed by atoms with Crippen molar-refractivity contribution in [2.75, 3.05) is 33.0 Å².